The molecule has 0 aromatic heterocycles. The van der Waals surface area contributed by atoms with Crippen LogP contribution >= 0.6 is 0 Å². The fraction of sp³-hybridized carbons (Fsp3) is 1.00. The first-order chi connectivity index (χ1) is 11.6. The van der Waals surface area contributed by atoms with E-state index in [4.69, 9.17) is 18.9 Å². The van der Waals surface area contributed by atoms with E-state index in [-0.39, 0.29) is 12.2 Å². The van der Waals surface area contributed by atoms with Crippen LogP contribution in [0.15, 0.2) is 0 Å². The lowest BCUT2D eigenvalue weighted by Crippen LogP contribution is -2.61. The highest BCUT2D eigenvalue weighted by atomic mass is 16.8. The molecule has 3 aliphatic carbocycles. The van der Waals surface area contributed by atoms with Gasteiger partial charge in [0.05, 0.1) is 0 Å². The first-order valence-electron chi connectivity index (χ1n) is 9.69. The zero-order valence-electron chi connectivity index (χ0n) is 14.1. The maximum Gasteiger partial charge on any atom is 0.169 e. The third-order valence-corrected chi connectivity index (χ3v) is 6.63. The average molecular weight is 340 g/mol. The zero-order valence-corrected chi connectivity index (χ0v) is 14.1. The number of fused-ring (bicyclic) bond motifs is 3. The van der Waals surface area contributed by atoms with Gasteiger partial charge in [-0.15, -0.1) is 0 Å². The van der Waals surface area contributed by atoms with Crippen LogP contribution in [0.4, 0.5) is 0 Å². The molecule has 0 unspecified atom stereocenters. The predicted molar refractivity (Wildman–Crippen MR) is 83.1 cm³/mol. The largest absolute Gasteiger partial charge is 0.387 e. The maximum absolute atomic E-state index is 10.6. The molecule has 2 spiro atoms. The van der Waals surface area contributed by atoms with Crippen molar-refractivity contribution < 1.29 is 29.2 Å². The van der Waals surface area contributed by atoms with Crippen molar-refractivity contribution in [2.75, 3.05) is 0 Å². The summed E-state index contributed by atoms with van der Waals surface area (Å²) >= 11 is 0. The van der Waals surface area contributed by atoms with Crippen molar-refractivity contribution in [3.63, 3.8) is 0 Å². The molecule has 0 aromatic rings. The van der Waals surface area contributed by atoms with Crippen LogP contribution in [-0.2, 0) is 18.9 Å². The minimum atomic E-state index is -0.986. The fourth-order valence-corrected chi connectivity index (χ4v) is 5.39. The van der Waals surface area contributed by atoms with Gasteiger partial charge in [-0.3, -0.25) is 0 Å². The molecule has 6 nitrogen and oxygen atoms in total. The minimum absolute atomic E-state index is 0.354. The molecule has 0 aromatic carbocycles. The monoisotopic (exact) mass is 340 g/mol. The predicted octanol–water partition coefficient (Wildman–Crippen LogP) is 1.61. The number of rotatable bonds is 0. The topological polar surface area (TPSA) is 77.4 Å². The van der Waals surface area contributed by atoms with Crippen molar-refractivity contribution in [3.05, 3.63) is 0 Å². The summed E-state index contributed by atoms with van der Waals surface area (Å²) in [5.41, 5.74) is 0. The lowest BCUT2D eigenvalue weighted by molar-refractivity contribution is -0.224. The summed E-state index contributed by atoms with van der Waals surface area (Å²) in [4.78, 5) is 0. The van der Waals surface area contributed by atoms with Crippen molar-refractivity contribution in [2.45, 2.75) is 112 Å². The van der Waals surface area contributed by atoms with Gasteiger partial charge in [0.2, 0.25) is 0 Å². The standard InChI is InChI=1S/C18H28O6/c19-11-12(20)14-16(24-18(22-14)9-5-2-6-10-18)15-13(11)21-17(23-15)7-3-1-4-8-17/h11-16,19-20H,1-10H2/t11-,12-,13-,14-,15-,16+/m0/s1. The molecule has 6 atom stereocenters. The molecule has 5 rings (SSSR count). The Kier molecular flexibility index (Phi) is 3.75. The summed E-state index contributed by atoms with van der Waals surface area (Å²) in [6.07, 6.45) is 6.38. The van der Waals surface area contributed by atoms with Crippen LogP contribution in [0.3, 0.4) is 0 Å². The minimum Gasteiger partial charge on any atom is -0.387 e. The summed E-state index contributed by atoms with van der Waals surface area (Å²) in [6, 6.07) is 0. The van der Waals surface area contributed by atoms with Crippen LogP contribution in [0.2, 0.25) is 0 Å². The molecule has 0 radical (unpaired) electrons. The highest BCUT2D eigenvalue weighted by Gasteiger charge is 2.65. The lowest BCUT2D eigenvalue weighted by Gasteiger charge is -2.38. The Morgan fingerprint density at radius 3 is 1.21 bits per heavy atom. The highest BCUT2D eigenvalue weighted by Crippen LogP contribution is 2.51. The number of ether oxygens (including phenoxy) is 4. The van der Waals surface area contributed by atoms with Crippen molar-refractivity contribution in [2.24, 2.45) is 0 Å². The highest BCUT2D eigenvalue weighted by molar-refractivity contribution is 5.09. The molecule has 0 bridgehead atoms. The van der Waals surface area contributed by atoms with E-state index in [2.05, 4.69) is 0 Å². The zero-order chi connectivity index (χ0) is 16.4. The van der Waals surface area contributed by atoms with Crippen LogP contribution in [0.1, 0.15) is 64.2 Å². The molecule has 0 amide bonds. The van der Waals surface area contributed by atoms with Gasteiger partial charge < -0.3 is 29.2 Å². The molecule has 5 fully saturated rings. The molecule has 24 heavy (non-hydrogen) atoms. The summed E-state index contributed by atoms with van der Waals surface area (Å²) in [5, 5.41) is 21.2. The first-order valence-corrected chi connectivity index (χ1v) is 9.69. The van der Waals surface area contributed by atoms with Crippen molar-refractivity contribution in [3.8, 4) is 0 Å². The molecule has 2 aliphatic heterocycles. The number of hydrogen-bond donors (Lipinski definition) is 2. The first kappa shape index (κ1) is 16.0. The average Bonchev–Trinajstić information content (AvgIpc) is 3.14. The van der Waals surface area contributed by atoms with E-state index < -0.39 is 36.0 Å². The Morgan fingerprint density at radius 1 is 0.500 bits per heavy atom. The van der Waals surface area contributed by atoms with Crippen LogP contribution in [-0.4, -0.2) is 58.4 Å². The van der Waals surface area contributed by atoms with Gasteiger partial charge in [-0.2, -0.15) is 0 Å². The third kappa shape index (κ3) is 2.31. The molecule has 2 heterocycles. The van der Waals surface area contributed by atoms with Crippen molar-refractivity contribution in [1.82, 2.24) is 0 Å². The Labute approximate surface area is 142 Å². The molecule has 5 aliphatic rings. The molecular formula is C18H28O6. The van der Waals surface area contributed by atoms with E-state index in [1.54, 1.807) is 0 Å². The second-order valence-electron chi connectivity index (χ2n) is 8.25. The second kappa shape index (κ2) is 5.63. The second-order valence-corrected chi connectivity index (χ2v) is 8.25. The van der Waals surface area contributed by atoms with Gasteiger partial charge in [-0.1, -0.05) is 12.8 Å². The summed E-state index contributed by atoms with van der Waals surface area (Å²) in [5.74, 6) is -1.20. The van der Waals surface area contributed by atoms with Crippen LogP contribution < -0.4 is 0 Å². The smallest absolute Gasteiger partial charge is 0.169 e. The maximum atomic E-state index is 10.6. The molecule has 6 heteroatoms. The van der Waals surface area contributed by atoms with E-state index in [1.165, 1.54) is 12.8 Å². The summed E-state index contributed by atoms with van der Waals surface area (Å²) < 4.78 is 25.1. The lowest BCUT2D eigenvalue weighted by atomic mass is 9.85. The van der Waals surface area contributed by atoms with E-state index in [0.717, 1.165) is 51.4 Å². The van der Waals surface area contributed by atoms with E-state index in [1.807, 2.05) is 0 Å². The van der Waals surface area contributed by atoms with Crippen LogP contribution in [0.5, 0.6) is 0 Å². The summed E-state index contributed by atoms with van der Waals surface area (Å²) in [6.45, 7) is 0. The number of hydrogen-bond acceptors (Lipinski definition) is 6. The van der Waals surface area contributed by atoms with Gasteiger partial charge in [0.15, 0.2) is 11.6 Å². The number of aliphatic hydroxyl groups is 2. The SMILES string of the molecule is O[C@H]1[C@H](O)[C@@H]2OC3(CCCCC3)O[C@H]2[C@H]2OC3(CCCCC3)O[C@@H]12. The Balaban J connectivity index is 1.42. The van der Waals surface area contributed by atoms with Gasteiger partial charge in [-0.25, -0.2) is 0 Å². The van der Waals surface area contributed by atoms with E-state index in [0.29, 0.717) is 0 Å². The Hall–Kier alpha value is -0.240. The van der Waals surface area contributed by atoms with E-state index in [9.17, 15) is 10.2 Å². The van der Waals surface area contributed by atoms with Crippen molar-refractivity contribution >= 4 is 0 Å². The normalized spacial score (nSPS) is 49.2. The molecule has 3 saturated carbocycles. The van der Waals surface area contributed by atoms with Gasteiger partial charge in [0.1, 0.15) is 36.6 Å². The molecule has 2 saturated heterocycles. The van der Waals surface area contributed by atoms with Gasteiger partial charge >= 0.3 is 0 Å². The Bertz CT molecular complexity index is 440. The van der Waals surface area contributed by atoms with E-state index >= 15 is 0 Å². The molecule has 2 N–H and O–H groups in total. The molecule has 136 valence electrons. The quantitative estimate of drug-likeness (QED) is 0.698. The van der Waals surface area contributed by atoms with Crippen LogP contribution in [0, 0.1) is 0 Å². The van der Waals surface area contributed by atoms with Crippen LogP contribution in [0.25, 0.3) is 0 Å². The Morgan fingerprint density at radius 2 is 0.833 bits per heavy atom. The van der Waals surface area contributed by atoms with Gasteiger partial charge in [0.25, 0.3) is 0 Å². The molecular weight excluding hydrogens is 312 g/mol. The third-order valence-electron chi connectivity index (χ3n) is 6.63. The van der Waals surface area contributed by atoms with Crippen molar-refractivity contribution in [1.29, 1.82) is 0 Å². The van der Waals surface area contributed by atoms with Gasteiger partial charge in [0, 0.05) is 25.7 Å². The van der Waals surface area contributed by atoms with Gasteiger partial charge in [-0.05, 0) is 25.7 Å². The fourth-order valence-electron chi connectivity index (χ4n) is 5.39. The summed E-state index contributed by atoms with van der Waals surface area (Å²) in [7, 11) is 0. The number of aliphatic hydroxyl groups excluding tert-OH is 2.